The lowest BCUT2D eigenvalue weighted by atomic mass is 9.84. The Bertz CT molecular complexity index is 1200. The highest BCUT2D eigenvalue weighted by Crippen LogP contribution is 2.47. The standard InChI is InChI=1S/C27H31F3N4O5/c1-33-8-10-34(11-9-33)24(36)14-19-13-21-20-12-18(6-7-22(20)39-25(21)23(15-35)38-19)32-26(37)31-17-4-2-16(3-5-17)27(28,29)30/h2-7,12,19,21,23,25,35H,8-11,13-15H2,1H3,(H2,31,32,37)/t19-,21+,23-,25-/m1/s1. The Kier molecular flexibility index (Phi) is 7.70. The van der Waals surface area contributed by atoms with Crippen LogP contribution >= 0.6 is 0 Å². The number of carbonyl (C=O) groups is 2. The first-order valence-corrected chi connectivity index (χ1v) is 12.9. The first-order chi connectivity index (χ1) is 18.6. The van der Waals surface area contributed by atoms with Gasteiger partial charge in [-0.3, -0.25) is 4.79 Å². The summed E-state index contributed by atoms with van der Waals surface area (Å²) in [6.45, 7) is 2.74. The number of alkyl halides is 3. The molecule has 3 heterocycles. The topological polar surface area (TPSA) is 103 Å². The molecule has 5 rings (SSSR count). The van der Waals surface area contributed by atoms with Crippen LogP contribution in [-0.4, -0.2) is 85.0 Å². The summed E-state index contributed by atoms with van der Waals surface area (Å²) in [5, 5.41) is 15.2. The molecule has 0 aliphatic carbocycles. The molecule has 0 bridgehead atoms. The van der Waals surface area contributed by atoms with Crippen molar-refractivity contribution in [2.24, 2.45) is 0 Å². The fraction of sp³-hybridized carbons (Fsp3) is 0.481. The fourth-order valence-corrected chi connectivity index (χ4v) is 5.38. The predicted octanol–water partition coefficient (Wildman–Crippen LogP) is 3.51. The SMILES string of the molecule is CN1CCN(C(=O)C[C@H]2C[C@H]3c4cc(NC(=O)Nc5ccc(C(F)(F)F)cc5)ccc4O[C@H]3[C@@H](CO)O2)CC1. The minimum atomic E-state index is -4.46. The molecule has 3 aliphatic rings. The molecule has 0 saturated carbocycles. The molecule has 12 heteroatoms. The Morgan fingerprint density at radius 1 is 1.03 bits per heavy atom. The average molecular weight is 549 g/mol. The summed E-state index contributed by atoms with van der Waals surface area (Å²) < 4.78 is 50.5. The molecule has 9 nitrogen and oxygen atoms in total. The smallest absolute Gasteiger partial charge is 0.416 e. The van der Waals surface area contributed by atoms with E-state index in [9.17, 15) is 27.9 Å². The van der Waals surface area contributed by atoms with Gasteiger partial charge in [-0.15, -0.1) is 0 Å². The Balaban J connectivity index is 1.24. The third kappa shape index (κ3) is 6.13. The first-order valence-electron chi connectivity index (χ1n) is 12.9. The number of benzene rings is 2. The number of halogens is 3. The zero-order chi connectivity index (χ0) is 27.7. The monoisotopic (exact) mass is 548 g/mol. The molecule has 3 aliphatic heterocycles. The largest absolute Gasteiger partial charge is 0.487 e. The van der Waals surface area contributed by atoms with Crippen LogP contribution in [0.1, 0.15) is 29.9 Å². The molecule has 0 spiro atoms. The number of carbonyl (C=O) groups excluding carboxylic acids is 2. The lowest BCUT2D eigenvalue weighted by molar-refractivity contribution is -0.150. The average Bonchev–Trinajstić information content (AvgIpc) is 3.26. The van der Waals surface area contributed by atoms with Crippen molar-refractivity contribution < 1.29 is 37.3 Å². The van der Waals surface area contributed by atoms with E-state index in [-0.39, 0.29) is 36.6 Å². The van der Waals surface area contributed by atoms with Gasteiger partial charge in [-0.2, -0.15) is 13.2 Å². The molecular weight excluding hydrogens is 517 g/mol. The minimum absolute atomic E-state index is 0.0257. The summed E-state index contributed by atoms with van der Waals surface area (Å²) >= 11 is 0. The van der Waals surface area contributed by atoms with Gasteiger partial charge in [0.25, 0.3) is 0 Å². The third-order valence-corrected chi connectivity index (χ3v) is 7.49. The van der Waals surface area contributed by atoms with Gasteiger partial charge >= 0.3 is 12.2 Å². The second-order valence-electron chi connectivity index (χ2n) is 10.2. The number of hydrogen-bond donors (Lipinski definition) is 3. The molecule has 39 heavy (non-hydrogen) atoms. The number of anilines is 2. The maximum absolute atomic E-state index is 12.9. The van der Waals surface area contributed by atoms with Crippen LogP contribution in [0.3, 0.4) is 0 Å². The van der Waals surface area contributed by atoms with Gasteiger partial charge in [-0.05, 0) is 55.9 Å². The van der Waals surface area contributed by atoms with E-state index in [4.69, 9.17) is 9.47 Å². The number of hydrogen-bond acceptors (Lipinski definition) is 6. The van der Waals surface area contributed by atoms with Gasteiger partial charge < -0.3 is 35.0 Å². The van der Waals surface area contributed by atoms with Crippen LogP contribution < -0.4 is 15.4 Å². The van der Waals surface area contributed by atoms with E-state index in [1.807, 2.05) is 11.9 Å². The van der Waals surface area contributed by atoms with Gasteiger partial charge in [0.1, 0.15) is 18.0 Å². The van der Waals surface area contributed by atoms with Crippen molar-refractivity contribution in [2.45, 2.75) is 43.2 Å². The van der Waals surface area contributed by atoms with Crippen molar-refractivity contribution in [1.29, 1.82) is 0 Å². The van der Waals surface area contributed by atoms with Crippen molar-refractivity contribution in [2.75, 3.05) is 50.5 Å². The van der Waals surface area contributed by atoms with E-state index in [1.54, 1.807) is 18.2 Å². The number of ether oxygens (including phenoxy) is 2. The van der Waals surface area contributed by atoms with Gasteiger partial charge in [-0.1, -0.05) is 0 Å². The summed E-state index contributed by atoms with van der Waals surface area (Å²) in [6.07, 6.45) is -5.12. The van der Waals surface area contributed by atoms with Crippen LogP contribution in [0.25, 0.3) is 0 Å². The van der Waals surface area contributed by atoms with E-state index >= 15 is 0 Å². The van der Waals surface area contributed by atoms with E-state index in [0.717, 1.165) is 30.8 Å². The van der Waals surface area contributed by atoms with Crippen molar-refractivity contribution in [3.63, 3.8) is 0 Å². The van der Waals surface area contributed by atoms with Crippen LogP contribution in [0, 0.1) is 0 Å². The maximum atomic E-state index is 12.9. The number of nitrogens with zero attached hydrogens (tertiary/aromatic N) is 2. The van der Waals surface area contributed by atoms with Crippen LogP contribution in [0.15, 0.2) is 42.5 Å². The van der Waals surface area contributed by atoms with Crippen LogP contribution in [-0.2, 0) is 15.7 Å². The predicted molar refractivity (Wildman–Crippen MR) is 137 cm³/mol. The lowest BCUT2D eigenvalue weighted by Gasteiger charge is -2.38. The quantitative estimate of drug-likeness (QED) is 0.529. The van der Waals surface area contributed by atoms with Gasteiger partial charge in [-0.25, -0.2) is 4.79 Å². The first kappa shape index (κ1) is 27.2. The third-order valence-electron chi connectivity index (χ3n) is 7.49. The van der Waals surface area contributed by atoms with Gasteiger partial charge in [0.15, 0.2) is 0 Å². The zero-order valence-electron chi connectivity index (χ0n) is 21.4. The van der Waals surface area contributed by atoms with Gasteiger partial charge in [0.2, 0.25) is 5.91 Å². The lowest BCUT2D eigenvalue weighted by Crippen LogP contribution is -2.50. The molecule has 2 aromatic carbocycles. The van der Waals surface area contributed by atoms with Crippen molar-refractivity contribution in [3.8, 4) is 5.75 Å². The zero-order valence-corrected chi connectivity index (χ0v) is 21.4. The maximum Gasteiger partial charge on any atom is 0.416 e. The number of rotatable bonds is 5. The molecule has 4 atom stereocenters. The highest BCUT2D eigenvalue weighted by atomic mass is 19.4. The number of aliphatic hydroxyl groups excluding tert-OH is 1. The van der Waals surface area contributed by atoms with Crippen molar-refractivity contribution >= 4 is 23.3 Å². The number of urea groups is 1. The van der Waals surface area contributed by atoms with Gasteiger partial charge in [0.05, 0.1) is 24.7 Å². The molecule has 2 fully saturated rings. The van der Waals surface area contributed by atoms with Crippen molar-refractivity contribution in [1.82, 2.24) is 9.80 Å². The molecule has 3 N–H and O–H groups in total. The molecule has 0 unspecified atom stereocenters. The Hall–Kier alpha value is -3.35. The molecule has 210 valence electrons. The molecule has 0 radical (unpaired) electrons. The number of likely N-dealkylation sites (N-methyl/N-ethyl adjacent to an activating group) is 1. The number of piperazine rings is 1. The highest BCUT2D eigenvalue weighted by molar-refractivity contribution is 5.99. The minimum Gasteiger partial charge on any atom is -0.487 e. The number of aliphatic hydroxyl groups is 1. The normalized spacial score (nSPS) is 24.9. The second kappa shape index (κ2) is 11.0. The van der Waals surface area contributed by atoms with Crippen molar-refractivity contribution in [3.05, 3.63) is 53.6 Å². The molecule has 0 aromatic heterocycles. The fourth-order valence-electron chi connectivity index (χ4n) is 5.38. The highest BCUT2D eigenvalue weighted by Gasteiger charge is 2.46. The summed E-state index contributed by atoms with van der Waals surface area (Å²) in [7, 11) is 2.02. The molecule has 3 amide bonds. The number of amides is 3. The summed E-state index contributed by atoms with van der Waals surface area (Å²) in [5.74, 6) is 0.500. The van der Waals surface area contributed by atoms with E-state index in [2.05, 4.69) is 15.5 Å². The van der Waals surface area contributed by atoms with Gasteiger partial charge in [0, 0.05) is 49.0 Å². The van der Waals surface area contributed by atoms with E-state index < -0.39 is 30.0 Å². The second-order valence-corrected chi connectivity index (χ2v) is 10.2. The molecule has 2 aromatic rings. The summed E-state index contributed by atoms with van der Waals surface area (Å²) in [6, 6.07) is 8.72. The number of fused-ring (bicyclic) bond motifs is 3. The van der Waals surface area contributed by atoms with E-state index in [0.29, 0.717) is 30.9 Å². The van der Waals surface area contributed by atoms with Crippen LogP contribution in [0.5, 0.6) is 5.75 Å². The van der Waals surface area contributed by atoms with Crippen LogP contribution in [0.2, 0.25) is 0 Å². The molecule has 2 saturated heterocycles. The summed E-state index contributed by atoms with van der Waals surface area (Å²) in [5.41, 5.74) is 0.724. The Labute approximate surface area is 223 Å². The number of nitrogens with one attached hydrogen (secondary N) is 2. The Morgan fingerprint density at radius 2 is 1.69 bits per heavy atom. The van der Waals surface area contributed by atoms with E-state index in [1.165, 1.54) is 12.1 Å². The Morgan fingerprint density at radius 3 is 2.36 bits per heavy atom. The molecular formula is C27H31F3N4O5. The summed E-state index contributed by atoms with van der Waals surface area (Å²) in [4.78, 5) is 29.5. The van der Waals surface area contributed by atoms with Crippen LogP contribution in [0.4, 0.5) is 29.3 Å².